The summed E-state index contributed by atoms with van der Waals surface area (Å²) in [6.45, 7) is 2.11. The highest BCUT2D eigenvalue weighted by molar-refractivity contribution is 5.73. The van der Waals surface area contributed by atoms with Crippen molar-refractivity contribution in [2.24, 2.45) is 5.92 Å². The summed E-state index contributed by atoms with van der Waals surface area (Å²) in [4.78, 5) is 0. The van der Waals surface area contributed by atoms with Crippen LogP contribution in [0.5, 0.6) is 0 Å². The van der Waals surface area contributed by atoms with Gasteiger partial charge in [-0.1, -0.05) is 67.9 Å². The third-order valence-corrected chi connectivity index (χ3v) is 6.42. The van der Waals surface area contributed by atoms with E-state index in [4.69, 9.17) is 0 Å². The Morgan fingerprint density at radius 3 is 1.77 bits per heavy atom. The quantitative estimate of drug-likeness (QED) is 0.230. The molecule has 0 saturated heterocycles. The monoisotopic (exact) mass is 412 g/mol. The molecule has 0 radical (unpaired) electrons. The summed E-state index contributed by atoms with van der Waals surface area (Å²) in [7, 11) is 0. The van der Waals surface area contributed by atoms with Gasteiger partial charge < -0.3 is 0 Å². The van der Waals surface area contributed by atoms with Gasteiger partial charge in [0.2, 0.25) is 0 Å². The van der Waals surface area contributed by atoms with Gasteiger partial charge in [-0.3, -0.25) is 0 Å². The molecule has 0 aliphatic heterocycles. The Morgan fingerprint density at radius 2 is 1.17 bits per heavy atom. The molecule has 0 bridgehead atoms. The van der Waals surface area contributed by atoms with Gasteiger partial charge in [0.1, 0.15) is 0 Å². The Hall–Kier alpha value is -2.62. The van der Waals surface area contributed by atoms with Crippen molar-refractivity contribution in [1.29, 1.82) is 0 Å². The molecule has 0 spiro atoms. The normalized spacial score (nSPS) is 19.1. The fraction of sp³-hybridized carbons (Fsp3) is 0.308. The summed E-state index contributed by atoms with van der Waals surface area (Å²) in [5.74, 6) is -5.80. The number of hydrogen-bond acceptors (Lipinski definition) is 0. The topological polar surface area (TPSA) is 0 Å². The summed E-state index contributed by atoms with van der Waals surface area (Å²) < 4.78 is 58.1. The van der Waals surface area contributed by atoms with Crippen LogP contribution in [-0.4, -0.2) is 0 Å². The first-order valence-electron chi connectivity index (χ1n) is 10.5. The first-order valence-corrected chi connectivity index (χ1v) is 10.5. The highest BCUT2D eigenvalue weighted by atomic mass is 19.2. The third kappa shape index (κ3) is 3.76. The Labute approximate surface area is 174 Å². The van der Waals surface area contributed by atoms with Crippen LogP contribution in [0, 0.1) is 29.2 Å². The fourth-order valence-electron chi connectivity index (χ4n) is 4.63. The van der Waals surface area contributed by atoms with E-state index in [-0.39, 0.29) is 17.0 Å². The lowest BCUT2D eigenvalue weighted by Crippen LogP contribution is -2.17. The molecule has 0 atom stereocenters. The van der Waals surface area contributed by atoms with Gasteiger partial charge in [0.15, 0.2) is 23.3 Å². The van der Waals surface area contributed by atoms with Gasteiger partial charge in [-0.25, -0.2) is 17.6 Å². The molecular formula is C26H24F4. The van der Waals surface area contributed by atoms with Crippen LogP contribution in [0.1, 0.15) is 50.5 Å². The highest BCUT2D eigenvalue weighted by Crippen LogP contribution is 2.44. The molecule has 4 heteroatoms. The predicted octanol–water partition coefficient (Wildman–Crippen LogP) is 8.26. The first-order chi connectivity index (χ1) is 14.5. The van der Waals surface area contributed by atoms with Crippen LogP contribution >= 0.6 is 0 Å². The van der Waals surface area contributed by atoms with Crippen LogP contribution in [0.4, 0.5) is 17.6 Å². The van der Waals surface area contributed by atoms with Gasteiger partial charge in [0, 0.05) is 11.1 Å². The van der Waals surface area contributed by atoms with Crippen LogP contribution in [-0.2, 0) is 0 Å². The van der Waals surface area contributed by atoms with Gasteiger partial charge in [-0.15, -0.1) is 0 Å². The largest absolute Gasteiger partial charge is 0.203 e. The molecule has 1 fully saturated rings. The fourth-order valence-corrected chi connectivity index (χ4v) is 4.63. The minimum atomic E-state index is -1.75. The third-order valence-electron chi connectivity index (χ3n) is 6.42. The Bertz CT molecular complexity index is 1020. The minimum absolute atomic E-state index is 0.0200. The summed E-state index contributed by atoms with van der Waals surface area (Å²) in [6.07, 6.45) is 4.10. The van der Waals surface area contributed by atoms with E-state index in [1.807, 2.05) is 30.3 Å². The summed E-state index contributed by atoms with van der Waals surface area (Å²) >= 11 is 0. The smallest absolute Gasteiger partial charge is 0.198 e. The summed E-state index contributed by atoms with van der Waals surface area (Å²) in [5.41, 5.74) is 2.09. The van der Waals surface area contributed by atoms with Gasteiger partial charge in [0.05, 0.1) is 0 Å². The second-order valence-electron chi connectivity index (χ2n) is 8.11. The van der Waals surface area contributed by atoms with Crippen molar-refractivity contribution in [1.82, 2.24) is 0 Å². The first kappa shape index (κ1) is 20.6. The SMILES string of the molecule is CCC1CCC(c2c(F)c(F)c(F)c(F)c2-c2ccc(-c3ccccc3)cc2)CC1. The molecule has 3 aromatic carbocycles. The molecule has 0 aromatic heterocycles. The van der Waals surface area contributed by atoms with Crippen molar-refractivity contribution in [3.8, 4) is 22.3 Å². The average molecular weight is 412 g/mol. The molecule has 0 N–H and O–H groups in total. The van der Waals surface area contributed by atoms with Gasteiger partial charge in [-0.05, 0) is 54.2 Å². The maximum atomic E-state index is 14.9. The zero-order valence-electron chi connectivity index (χ0n) is 16.9. The molecule has 0 amide bonds. The zero-order chi connectivity index (χ0) is 21.3. The van der Waals surface area contributed by atoms with E-state index in [2.05, 4.69) is 6.92 Å². The molecule has 0 nitrogen and oxygen atoms in total. The van der Waals surface area contributed by atoms with E-state index in [1.54, 1.807) is 24.3 Å². The maximum absolute atomic E-state index is 14.9. The Kier molecular flexibility index (Phi) is 5.94. The van der Waals surface area contributed by atoms with Gasteiger partial charge in [-0.2, -0.15) is 0 Å². The van der Waals surface area contributed by atoms with E-state index < -0.39 is 23.3 Å². The predicted molar refractivity (Wildman–Crippen MR) is 112 cm³/mol. The molecule has 1 aliphatic carbocycles. The molecule has 0 heterocycles. The number of rotatable bonds is 4. The molecule has 1 saturated carbocycles. The van der Waals surface area contributed by atoms with Crippen molar-refractivity contribution in [2.75, 3.05) is 0 Å². The van der Waals surface area contributed by atoms with Gasteiger partial charge >= 0.3 is 0 Å². The van der Waals surface area contributed by atoms with Gasteiger partial charge in [0.25, 0.3) is 0 Å². The van der Waals surface area contributed by atoms with Crippen molar-refractivity contribution < 1.29 is 17.6 Å². The number of halogens is 4. The van der Waals surface area contributed by atoms with Crippen LogP contribution in [0.2, 0.25) is 0 Å². The second-order valence-corrected chi connectivity index (χ2v) is 8.11. The van der Waals surface area contributed by atoms with Crippen molar-refractivity contribution in [2.45, 2.75) is 44.9 Å². The molecule has 0 unspecified atom stereocenters. The Balaban J connectivity index is 1.79. The molecule has 1 aliphatic rings. The molecule has 4 rings (SSSR count). The van der Waals surface area contributed by atoms with Crippen LogP contribution < -0.4 is 0 Å². The van der Waals surface area contributed by atoms with Crippen LogP contribution in [0.15, 0.2) is 54.6 Å². The van der Waals surface area contributed by atoms with E-state index in [0.29, 0.717) is 24.3 Å². The lowest BCUT2D eigenvalue weighted by atomic mass is 9.75. The second kappa shape index (κ2) is 8.63. The Morgan fingerprint density at radius 1 is 0.633 bits per heavy atom. The lowest BCUT2D eigenvalue weighted by molar-refractivity contribution is 0.309. The zero-order valence-corrected chi connectivity index (χ0v) is 16.9. The van der Waals surface area contributed by atoms with Crippen molar-refractivity contribution in [3.05, 3.63) is 83.4 Å². The van der Waals surface area contributed by atoms with E-state index in [1.165, 1.54) is 0 Å². The number of benzene rings is 3. The summed E-state index contributed by atoms with van der Waals surface area (Å²) in [5, 5.41) is 0. The standard InChI is InChI=1S/C26H24F4/c1-2-16-8-10-19(11-9-16)21-22(24(28)26(30)25(29)23(21)27)20-14-12-18(13-15-20)17-6-4-3-5-7-17/h3-7,12-16,19H,2,8-11H2,1H3. The van der Waals surface area contributed by atoms with E-state index in [0.717, 1.165) is 30.4 Å². The van der Waals surface area contributed by atoms with Crippen molar-refractivity contribution >= 4 is 0 Å². The summed E-state index contributed by atoms with van der Waals surface area (Å²) in [6, 6.07) is 16.5. The highest BCUT2D eigenvalue weighted by Gasteiger charge is 2.32. The minimum Gasteiger partial charge on any atom is -0.203 e. The average Bonchev–Trinajstić information content (AvgIpc) is 2.81. The van der Waals surface area contributed by atoms with Crippen LogP contribution in [0.25, 0.3) is 22.3 Å². The van der Waals surface area contributed by atoms with E-state index >= 15 is 0 Å². The molecule has 3 aromatic rings. The molecule has 156 valence electrons. The van der Waals surface area contributed by atoms with Crippen LogP contribution in [0.3, 0.4) is 0 Å². The lowest BCUT2D eigenvalue weighted by Gasteiger charge is -2.30. The molecule has 30 heavy (non-hydrogen) atoms. The number of hydrogen-bond donors (Lipinski definition) is 0. The maximum Gasteiger partial charge on any atom is 0.198 e. The van der Waals surface area contributed by atoms with E-state index in [9.17, 15) is 17.6 Å². The molecular weight excluding hydrogens is 388 g/mol. The van der Waals surface area contributed by atoms with Crippen molar-refractivity contribution in [3.63, 3.8) is 0 Å².